The number of alkyl halides is 1. The van der Waals surface area contributed by atoms with Crippen LogP contribution in [0.25, 0.3) is 10.1 Å². The molecule has 0 N–H and O–H groups in total. The molecule has 0 unspecified atom stereocenters. The molecule has 0 aliphatic rings. The molecule has 0 saturated heterocycles. The van der Waals surface area contributed by atoms with Crippen LogP contribution in [-0.4, -0.2) is 0 Å². The Hall–Kier alpha value is 0.300. The maximum atomic E-state index is 5.80. The van der Waals surface area contributed by atoms with Crippen molar-refractivity contribution in [3.8, 4) is 0 Å². The molecule has 0 fully saturated rings. The number of thiol groups is 1. The topological polar surface area (TPSA) is 0 Å². The monoisotopic (exact) mass is 292 g/mol. The standard InChI is InChI=1S/C9H6BrClS2/c10-5-2-1-3-6-8(5)9(12)7(4-11)13-6/h1-3,12H,4H2. The molecule has 13 heavy (non-hydrogen) atoms. The number of hydrogen-bond donors (Lipinski definition) is 1. The van der Waals surface area contributed by atoms with Gasteiger partial charge in [-0.25, -0.2) is 0 Å². The SMILES string of the molecule is Sc1c(CCl)sc2cccc(Br)c12. The van der Waals surface area contributed by atoms with Crippen molar-refractivity contribution in [1.82, 2.24) is 0 Å². The van der Waals surface area contributed by atoms with E-state index in [0.29, 0.717) is 5.88 Å². The van der Waals surface area contributed by atoms with Gasteiger partial charge >= 0.3 is 0 Å². The van der Waals surface area contributed by atoms with Crippen LogP contribution >= 0.6 is 51.5 Å². The normalized spacial score (nSPS) is 11.0. The number of benzene rings is 1. The van der Waals surface area contributed by atoms with E-state index in [9.17, 15) is 0 Å². The molecule has 0 saturated carbocycles. The smallest absolute Gasteiger partial charge is 0.0579 e. The van der Waals surface area contributed by atoms with E-state index in [1.54, 1.807) is 11.3 Å². The van der Waals surface area contributed by atoms with Gasteiger partial charge in [0.1, 0.15) is 0 Å². The van der Waals surface area contributed by atoms with E-state index in [1.165, 1.54) is 10.1 Å². The van der Waals surface area contributed by atoms with E-state index >= 15 is 0 Å². The Balaban J connectivity index is 2.85. The van der Waals surface area contributed by atoms with E-state index < -0.39 is 0 Å². The Morgan fingerprint density at radius 1 is 1.46 bits per heavy atom. The molecule has 1 aromatic carbocycles. The third-order valence-electron chi connectivity index (χ3n) is 1.83. The van der Waals surface area contributed by atoms with Gasteiger partial charge < -0.3 is 0 Å². The number of halogens is 2. The first kappa shape index (κ1) is 9.84. The fourth-order valence-electron chi connectivity index (χ4n) is 1.23. The molecule has 1 heterocycles. The highest BCUT2D eigenvalue weighted by atomic mass is 79.9. The van der Waals surface area contributed by atoms with Gasteiger partial charge in [-0.05, 0) is 12.1 Å². The quantitative estimate of drug-likeness (QED) is 0.572. The molecule has 0 spiro atoms. The van der Waals surface area contributed by atoms with Gasteiger partial charge in [0.15, 0.2) is 0 Å². The third kappa shape index (κ3) is 1.63. The number of hydrogen-bond acceptors (Lipinski definition) is 2. The van der Waals surface area contributed by atoms with Gasteiger partial charge in [-0.2, -0.15) is 0 Å². The van der Waals surface area contributed by atoms with Crippen LogP contribution in [0, 0.1) is 0 Å². The first-order valence-corrected chi connectivity index (χ1v) is 6.28. The van der Waals surface area contributed by atoms with Gasteiger partial charge in [-0.3, -0.25) is 0 Å². The van der Waals surface area contributed by atoms with E-state index in [4.69, 9.17) is 11.6 Å². The lowest BCUT2D eigenvalue weighted by Gasteiger charge is -1.94. The first-order valence-electron chi connectivity index (χ1n) is 3.69. The maximum Gasteiger partial charge on any atom is 0.0579 e. The zero-order chi connectivity index (χ0) is 9.42. The number of rotatable bonds is 1. The largest absolute Gasteiger partial charge is 0.142 e. The Bertz CT molecular complexity index is 450. The molecule has 4 heteroatoms. The molecule has 0 atom stereocenters. The van der Waals surface area contributed by atoms with Crippen molar-refractivity contribution in [2.75, 3.05) is 0 Å². The zero-order valence-electron chi connectivity index (χ0n) is 6.55. The first-order chi connectivity index (χ1) is 6.24. The van der Waals surface area contributed by atoms with Crippen molar-refractivity contribution >= 4 is 61.6 Å². The van der Waals surface area contributed by atoms with Crippen LogP contribution in [0.4, 0.5) is 0 Å². The van der Waals surface area contributed by atoms with Crippen molar-refractivity contribution in [3.63, 3.8) is 0 Å². The fraction of sp³-hybridized carbons (Fsp3) is 0.111. The molecule has 1 aromatic heterocycles. The van der Waals surface area contributed by atoms with Gasteiger partial charge in [-0.15, -0.1) is 35.6 Å². The second kappa shape index (κ2) is 3.81. The molecule has 0 bridgehead atoms. The van der Waals surface area contributed by atoms with Crippen molar-refractivity contribution in [2.24, 2.45) is 0 Å². The van der Waals surface area contributed by atoms with Crippen LogP contribution in [0.5, 0.6) is 0 Å². The predicted octanol–water partition coefficient (Wildman–Crippen LogP) is 4.69. The van der Waals surface area contributed by atoms with Crippen LogP contribution in [0.2, 0.25) is 0 Å². The molecule has 68 valence electrons. The molecule has 0 amide bonds. The average molecular weight is 294 g/mol. The van der Waals surface area contributed by atoms with E-state index in [-0.39, 0.29) is 0 Å². The number of thiophene rings is 1. The average Bonchev–Trinajstić information content (AvgIpc) is 2.44. The van der Waals surface area contributed by atoms with Gasteiger partial charge in [0.25, 0.3) is 0 Å². The highest BCUT2D eigenvalue weighted by Gasteiger charge is 2.10. The lowest BCUT2D eigenvalue weighted by Crippen LogP contribution is -1.71. The third-order valence-corrected chi connectivity index (χ3v) is 4.72. The van der Waals surface area contributed by atoms with Crippen LogP contribution in [0.1, 0.15) is 4.88 Å². The highest BCUT2D eigenvalue weighted by Crippen LogP contribution is 2.38. The summed E-state index contributed by atoms with van der Waals surface area (Å²) < 4.78 is 2.32. The van der Waals surface area contributed by atoms with E-state index in [1.807, 2.05) is 12.1 Å². The van der Waals surface area contributed by atoms with Crippen LogP contribution < -0.4 is 0 Å². The van der Waals surface area contributed by atoms with Crippen molar-refractivity contribution in [1.29, 1.82) is 0 Å². The lowest BCUT2D eigenvalue weighted by atomic mass is 10.2. The molecule has 0 radical (unpaired) electrons. The van der Waals surface area contributed by atoms with E-state index in [0.717, 1.165) is 14.2 Å². The maximum absolute atomic E-state index is 5.80. The lowest BCUT2D eigenvalue weighted by molar-refractivity contribution is 1.40. The Morgan fingerprint density at radius 2 is 2.23 bits per heavy atom. The molecule has 0 nitrogen and oxygen atoms in total. The summed E-state index contributed by atoms with van der Waals surface area (Å²) in [6.07, 6.45) is 0. The van der Waals surface area contributed by atoms with Crippen molar-refractivity contribution in [2.45, 2.75) is 10.8 Å². The number of fused-ring (bicyclic) bond motifs is 1. The van der Waals surface area contributed by atoms with Gasteiger partial charge in [0.2, 0.25) is 0 Å². The van der Waals surface area contributed by atoms with Gasteiger partial charge in [-0.1, -0.05) is 22.0 Å². The van der Waals surface area contributed by atoms with Gasteiger partial charge in [0, 0.05) is 24.3 Å². The summed E-state index contributed by atoms with van der Waals surface area (Å²) >= 11 is 15.5. The Labute approximate surface area is 99.4 Å². The van der Waals surface area contributed by atoms with Gasteiger partial charge in [0.05, 0.1) is 5.88 Å². The molecule has 0 aliphatic carbocycles. The Kier molecular flexibility index (Phi) is 2.88. The molecule has 0 aliphatic heterocycles. The predicted molar refractivity (Wildman–Crippen MR) is 66.3 cm³/mol. The van der Waals surface area contributed by atoms with Crippen molar-refractivity contribution in [3.05, 3.63) is 27.5 Å². The highest BCUT2D eigenvalue weighted by molar-refractivity contribution is 9.10. The van der Waals surface area contributed by atoms with Crippen LogP contribution in [-0.2, 0) is 5.88 Å². The minimum Gasteiger partial charge on any atom is -0.142 e. The van der Waals surface area contributed by atoms with Crippen LogP contribution in [0.3, 0.4) is 0 Å². The van der Waals surface area contributed by atoms with Crippen LogP contribution in [0.15, 0.2) is 27.6 Å². The second-order valence-corrected chi connectivity index (χ2v) is 5.33. The fourth-order valence-corrected chi connectivity index (χ4v) is 3.98. The minimum atomic E-state index is 0.532. The Morgan fingerprint density at radius 3 is 2.85 bits per heavy atom. The summed E-state index contributed by atoms with van der Waals surface area (Å²) in [5.74, 6) is 0.532. The van der Waals surface area contributed by atoms with E-state index in [2.05, 4.69) is 34.6 Å². The molecular weight excluding hydrogens is 288 g/mol. The minimum absolute atomic E-state index is 0.532. The summed E-state index contributed by atoms with van der Waals surface area (Å²) in [6, 6.07) is 6.13. The molecule has 2 rings (SSSR count). The summed E-state index contributed by atoms with van der Waals surface area (Å²) in [5.41, 5.74) is 0. The summed E-state index contributed by atoms with van der Waals surface area (Å²) in [5, 5.41) is 1.17. The summed E-state index contributed by atoms with van der Waals surface area (Å²) in [6.45, 7) is 0. The second-order valence-electron chi connectivity index (χ2n) is 2.62. The summed E-state index contributed by atoms with van der Waals surface area (Å²) in [4.78, 5) is 2.13. The van der Waals surface area contributed by atoms with Crippen molar-refractivity contribution < 1.29 is 0 Å². The summed E-state index contributed by atoms with van der Waals surface area (Å²) in [7, 11) is 0. The zero-order valence-corrected chi connectivity index (χ0v) is 10.6. The molecular formula is C9H6BrClS2. The molecule has 2 aromatic rings.